The van der Waals surface area contributed by atoms with Crippen molar-refractivity contribution in [3.8, 4) is 0 Å². The number of thiophene rings is 1. The Bertz CT molecular complexity index is 807. The smallest absolute Gasteiger partial charge is 0.0433 e. The van der Waals surface area contributed by atoms with E-state index < -0.39 is 0 Å². The number of rotatable bonds is 0. The fraction of sp³-hybridized carbons (Fsp3) is 0.125. The van der Waals surface area contributed by atoms with Crippen LogP contribution in [0.4, 0.5) is 0 Å². The van der Waals surface area contributed by atoms with Crippen LogP contribution in [0.5, 0.6) is 0 Å². The van der Waals surface area contributed by atoms with Crippen LogP contribution in [-0.4, -0.2) is 0 Å². The first kappa shape index (κ1) is 10.5. The van der Waals surface area contributed by atoms with Gasteiger partial charge in [0.25, 0.3) is 0 Å². The molecule has 0 spiro atoms. The van der Waals surface area contributed by atoms with Gasteiger partial charge in [0.15, 0.2) is 0 Å². The normalized spacial score (nSPS) is 14.0. The van der Waals surface area contributed by atoms with Crippen LogP contribution in [0.15, 0.2) is 36.4 Å². The SMILES string of the molecule is CC=c1sc2c(ccc3ccccc32)c1=CC. The van der Waals surface area contributed by atoms with Gasteiger partial charge >= 0.3 is 0 Å². The predicted molar refractivity (Wildman–Crippen MR) is 78.9 cm³/mol. The molecule has 3 rings (SSSR count). The third kappa shape index (κ3) is 1.50. The average molecular weight is 238 g/mol. The van der Waals surface area contributed by atoms with Crippen molar-refractivity contribution in [2.24, 2.45) is 0 Å². The van der Waals surface area contributed by atoms with Gasteiger partial charge < -0.3 is 0 Å². The largest absolute Gasteiger partial charge is 0.135 e. The zero-order valence-electron chi connectivity index (χ0n) is 10.0. The van der Waals surface area contributed by atoms with Crippen molar-refractivity contribution < 1.29 is 0 Å². The fourth-order valence-electron chi connectivity index (χ4n) is 2.37. The highest BCUT2D eigenvalue weighted by Crippen LogP contribution is 2.25. The van der Waals surface area contributed by atoms with Crippen LogP contribution in [0, 0.1) is 0 Å². The van der Waals surface area contributed by atoms with E-state index >= 15 is 0 Å². The molecule has 2 aromatic carbocycles. The molecule has 84 valence electrons. The van der Waals surface area contributed by atoms with E-state index in [-0.39, 0.29) is 0 Å². The van der Waals surface area contributed by atoms with E-state index in [1.165, 1.54) is 30.6 Å². The van der Waals surface area contributed by atoms with Crippen molar-refractivity contribution in [2.75, 3.05) is 0 Å². The lowest BCUT2D eigenvalue weighted by Crippen LogP contribution is -2.16. The molecule has 3 aromatic rings. The number of hydrogen-bond donors (Lipinski definition) is 0. The Balaban J connectivity index is 2.67. The van der Waals surface area contributed by atoms with Crippen LogP contribution in [0.25, 0.3) is 33.0 Å². The Morgan fingerprint density at radius 2 is 1.71 bits per heavy atom. The second-order valence-electron chi connectivity index (χ2n) is 4.12. The Labute approximate surface area is 105 Å². The van der Waals surface area contributed by atoms with Crippen LogP contribution in [0.3, 0.4) is 0 Å². The van der Waals surface area contributed by atoms with Gasteiger partial charge in [0.1, 0.15) is 0 Å². The molecule has 1 heterocycles. The molecule has 17 heavy (non-hydrogen) atoms. The molecular formula is C16H14S. The van der Waals surface area contributed by atoms with Gasteiger partial charge in [0.05, 0.1) is 0 Å². The molecule has 0 aliphatic carbocycles. The number of fused-ring (bicyclic) bond motifs is 3. The molecule has 0 saturated carbocycles. The van der Waals surface area contributed by atoms with E-state index in [1.54, 1.807) is 0 Å². The van der Waals surface area contributed by atoms with Crippen molar-refractivity contribution in [3.63, 3.8) is 0 Å². The summed E-state index contributed by atoms with van der Waals surface area (Å²) < 4.78 is 2.78. The summed E-state index contributed by atoms with van der Waals surface area (Å²) in [7, 11) is 0. The molecular weight excluding hydrogens is 224 g/mol. The molecule has 0 fully saturated rings. The molecule has 1 heteroatoms. The Kier molecular flexibility index (Phi) is 2.49. The third-order valence-electron chi connectivity index (χ3n) is 3.20. The van der Waals surface area contributed by atoms with Gasteiger partial charge in [0.2, 0.25) is 0 Å². The summed E-state index contributed by atoms with van der Waals surface area (Å²) in [4.78, 5) is 0. The first-order valence-electron chi connectivity index (χ1n) is 5.88. The summed E-state index contributed by atoms with van der Waals surface area (Å²) in [6, 6.07) is 13.1. The molecule has 0 N–H and O–H groups in total. The Hall–Kier alpha value is -1.60. The maximum atomic E-state index is 2.25. The summed E-state index contributed by atoms with van der Waals surface area (Å²) in [5.41, 5.74) is 0. The minimum absolute atomic E-state index is 1.33. The van der Waals surface area contributed by atoms with Gasteiger partial charge in [-0.2, -0.15) is 0 Å². The van der Waals surface area contributed by atoms with E-state index in [2.05, 4.69) is 62.4 Å². The van der Waals surface area contributed by atoms with Gasteiger partial charge in [-0.1, -0.05) is 48.6 Å². The summed E-state index contributed by atoms with van der Waals surface area (Å²) in [5, 5.41) is 5.44. The van der Waals surface area contributed by atoms with Crippen LogP contribution < -0.4 is 9.75 Å². The molecule has 0 radical (unpaired) electrons. The second-order valence-corrected chi connectivity index (χ2v) is 5.17. The first-order valence-corrected chi connectivity index (χ1v) is 6.69. The van der Waals surface area contributed by atoms with Gasteiger partial charge in [0, 0.05) is 14.6 Å². The van der Waals surface area contributed by atoms with Crippen molar-refractivity contribution in [1.29, 1.82) is 0 Å². The molecule has 1 aromatic heterocycles. The van der Waals surface area contributed by atoms with E-state index in [0.717, 1.165) is 0 Å². The predicted octanol–water partition coefficient (Wildman–Crippen LogP) is 3.66. The highest BCUT2D eigenvalue weighted by molar-refractivity contribution is 7.18. The fourth-order valence-corrected chi connectivity index (χ4v) is 3.63. The summed E-state index contributed by atoms with van der Waals surface area (Å²) in [6.07, 6.45) is 4.41. The minimum Gasteiger partial charge on any atom is -0.135 e. The Morgan fingerprint density at radius 1 is 0.882 bits per heavy atom. The van der Waals surface area contributed by atoms with Gasteiger partial charge in [-0.3, -0.25) is 0 Å². The van der Waals surface area contributed by atoms with Crippen molar-refractivity contribution in [1.82, 2.24) is 0 Å². The summed E-state index contributed by atoms with van der Waals surface area (Å²) >= 11 is 1.89. The lowest BCUT2D eigenvalue weighted by atomic mass is 10.1. The van der Waals surface area contributed by atoms with Crippen LogP contribution in [0.2, 0.25) is 0 Å². The lowest BCUT2D eigenvalue weighted by molar-refractivity contribution is 1.70. The molecule has 0 atom stereocenters. The number of hydrogen-bond acceptors (Lipinski definition) is 1. The molecule has 0 aliphatic rings. The van der Waals surface area contributed by atoms with E-state index in [9.17, 15) is 0 Å². The zero-order chi connectivity index (χ0) is 11.8. The zero-order valence-corrected chi connectivity index (χ0v) is 10.8. The highest BCUT2D eigenvalue weighted by Gasteiger charge is 2.04. The number of benzene rings is 2. The molecule has 0 bridgehead atoms. The standard InChI is InChI=1S/C16H14S/c1-3-12-14-10-9-11-7-5-6-8-13(11)16(14)17-15(12)4-2/h3-10H,1-2H3. The van der Waals surface area contributed by atoms with Gasteiger partial charge in [-0.15, -0.1) is 11.3 Å². The van der Waals surface area contributed by atoms with E-state index in [0.29, 0.717) is 0 Å². The van der Waals surface area contributed by atoms with Crippen LogP contribution >= 0.6 is 11.3 Å². The van der Waals surface area contributed by atoms with Crippen LogP contribution in [-0.2, 0) is 0 Å². The summed E-state index contributed by atoms with van der Waals surface area (Å²) in [6.45, 7) is 4.23. The third-order valence-corrected chi connectivity index (χ3v) is 4.52. The van der Waals surface area contributed by atoms with Crippen molar-refractivity contribution >= 4 is 44.3 Å². The topological polar surface area (TPSA) is 0 Å². The van der Waals surface area contributed by atoms with Gasteiger partial charge in [-0.25, -0.2) is 0 Å². The van der Waals surface area contributed by atoms with Crippen LogP contribution in [0.1, 0.15) is 13.8 Å². The molecule has 0 aliphatic heterocycles. The highest BCUT2D eigenvalue weighted by atomic mass is 32.1. The lowest BCUT2D eigenvalue weighted by Gasteiger charge is -1.97. The molecule has 0 nitrogen and oxygen atoms in total. The molecule has 0 saturated heterocycles. The second kappa shape index (κ2) is 4.01. The maximum Gasteiger partial charge on any atom is 0.0433 e. The average Bonchev–Trinajstić information content (AvgIpc) is 2.76. The van der Waals surface area contributed by atoms with Crippen molar-refractivity contribution in [3.05, 3.63) is 46.1 Å². The van der Waals surface area contributed by atoms with Crippen molar-refractivity contribution in [2.45, 2.75) is 13.8 Å². The molecule has 0 amide bonds. The Morgan fingerprint density at radius 3 is 2.47 bits per heavy atom. The first-order chi connectivity index (χ1) is 8.35. The quantitative estimate of drug-likeness (QED) is 0.561. The van der Waals surface area contributed by atoms with Gasteiger partial charge in [-0.05, 0) is 29.8 Å². The monoisotopic (exact) mass is 238 g/mol. The maximum absolute atomic E-state index is 2.25. The summed E-state index contributed by atoms with van der Waals surface area (Å²) in [5.74, 6) is 0. The molecule has 0 unspecified atom stereocenters. The van der Waals surface area contributed by atoms with E-state index in [4.69, 9.17) is 0 Å². The van der Waals surface area contributed by atoms with E-state index in [1.807, 2.05) is 11.3 Å². The minimum atomic E-state index is 1.33.